The number of amides is 2. The Morgan fingerprint density at radius 1 is 0.972 bits per heavy atom. The van der Waals surface area contributed by atoms with Crippen molar-refractivity contribution in [1.29, 1.82) is 0 Å². The van der Waals surface area contributed by atoms with Crippen molar-refractivity contribution in [2.45, 2.75) is 76.4 Å². The number of carbonyl (C=O) groups excluding carboxylic acids is 2. The van der Waals surface area contributed by atoms with Gasteiger partial charge < -0.3 is 15.1 Å². The molecule has 2 amide bonds. The standard InChI is InChI=1S/C30H37N3O3/c1-30(29(35)31-26-10-6-3-7-11-26)21-27(32-36-30)24-12-14-25(15-13-24)28(34)33-18-16-23(17-19-33)20-22-8-4-2-5-9-22/h2,4-5,8-9,12-15,23,26H,3,6-7,10-11,16-21H2,1H3,(H,31,35). The molecule has 1 saturated heterocycles. The maximum Gasteiger partial charge on any atom is 0.267 e. The van der Waals surface area contributed by atoms with Gasteiger partial charge in [-0.2, -0.15) is 0 Å². The van der Waals surface area contributed by atoms with Crippen molar-refractivity contribution in [3.63, 3.8) is 0 Å². The van der Waals surface area contributed by atoms with Gasteiger partial charge in [-0.1, -0.05) is 66.9 Å². The molecule has 6 nitrogen and oxygen atoms in total. The molecule has 1 saturated carbocycles. The minimum atomic E-state index is -0.981. The van der Waals surface area contributed by atoms with Gasteiger partial charge in [0.1, 0.15) is 0 Å². The smallest absolute Gasteiger partial charge is 0.267 e. The summed E-state index contributed by atoms with van der Waals surface area (Å²) in [5.74, 6) is 0.625. The monoisotopic (exact) mass is 487 g/mol. The van der Waals surface area contributed by atoms with Crippen LogP contribution in [0.3, 0.4) is 0 Å². The number of carbonyl (C=O) groups is 2. The van der Waals surface area contributed by atoms with E-state index >= 15 is 0 Å². The topological polar surface area (TPSA) is 71.0 Å². The van der Waals surface area contributed by atoms with Crippen molar-refractivity contribution in [1.82, 2.24) is 10.2 Å². The second-order valence-corrected chi connectivity index (χ2v) is 10.8. The van der Waals surface area contributed by atoms with Crippen LogP contribution in [0.4, 0.5) is 0 Å². The summed E-state index contributed by atoms with van der Waals surface area (Å²) in [5.41, 5.74) is 2.72. The van der Waals surface area contributed by atoms with E-state index in [2.05, 4.69) is 40.8 Å². The Morgan fingerprint density at radius 2 is 1.67 bits per heavy atom. The lowest BCUT2D eigenvalue weighted by Crippen LogP contribution is -2.49. The number of likely N-dealkylation sites (tertiary alicyclic amines) is 1. The van der Waals surface area contributed by atoms with Crippen molar-refractivity contribution < 1.29 is 14.4 Å². The van der Waals surface area contributed by atoms with Crippen molar-refractivity contribution in [2.24, 2.45) is 11.1 Å². The van der Waals surface area contributed by atoms with E-state index in [1.165, 1.54) is 24.8 Å². The average molecular weight is 488 g/mol. The Balaban J connectivity index is 1.13. The van der Waals surface area contributed by atoms with Gasteiger partial charge in [0, 0.05) is 31.1 Å². The molecule has 2 fully saturated rings. The third-order valence-electron chi connectivity index (χ3n) is 8.02. The van der Waals surface area contributed by atoms with Crippen LogP contribution in [0.25, 0.3) is 0 Å². The lowest BCUT2D eigenvalue weighted by atomic mass is 9.90. The first-order valence-corrected chi connectivity index (χ1v) is 13.5. The Morgan fingerprint density at radius 3 is 2.36 bits per heavy atom. The summed E-state index contributed by atoms with van der Waals surface area (Å²) in [7, 11) is 0. The molecular weight excluding hydrogens is 450 g/mol. The zero-order valence-corrected chi connectivity index (χ0v) is 21.2. The molecule has 1 N–H and O–H groups in total. The van der Waals surface area contributed by atoms with Gasteiger partial charge in [0.05, 0.1) is 5.71 Å². The summed E-state index contributed by atoms with van der Waals surface area (Å²) in [6.07, 6.45) is 9.24. The molecule has 190 valence electrons. The van der Waals surface area contributed by atoms with E-state index in [0.717, 1.165) is 56.5 Å². The van der Waals surface area contributed by atoms with Crippen LogP contribution >= 0.6 is 0 Å². The average Bonchev–Trinajstić information content (AvgIpc) is 3.33. The predicted molar refractivity (Wildman–Crippen MR) is 141 cm³/mol. The van der Waals surface area contributed by atoms with E-state index in [1.807, 2.05) is 29.2 Å². The summed E-state index contributed by atoms with van der Waals surface area (Å²) in [5, 5.41) is 7.40. The van der Waals surface area contributed by atoms with Gasteiger partial charge in [-0.3, -0.25) is 9.59 Å². The molecule has 2 aromatic rings. The number of benzene rings is 2. The number of piperidine rings is 1. The normalized spacial score (nSPS) is 23.1. The second-order valence-electron chi connectivity index (χ2n) is 10.8. The number of hydrogen-bond donors (Lipinski definition) is 1. The highest BCUT2D eigenvalue weighted by Crippen LogP contribution is 2.29. The number of nitrogens with zero attached hydrogens (tertiary/aromatic N) is 2. The van der Waals surface area contributed by atoms with Crippen molar-refractivity contribution >= 4 is 17.5 Å². The van der Waals surface area contributed by atoms with Gasteiger partial charge >= 0.3 is 0 Å². The molecule has 0 aromatic heterocycles. The molecule has 0 bridgehead atoms. The predicted octanol–water partition coefficient (Wildman–Crippen LogP) is 5.11. The van der Waals surface area contributed by atoms with Crippen LogP contribution in [0.1, 0.15) is 79.8 Å². The fourth-order valence-corrected chi connectivity index (χ4v) is 5.68. The van der Waals surface area contributed by atoms with Crippen LogP contribution < -0.4 is 5.32 Å². The van der Waals surface area contributed by atoms with E-state index in [0.29, 0.717) is 17.9 Å². The van der Waals surface area contributed by atoms with Gasteiger partial charge in [-0.25, -0.2) is 0 Å². The van der Waals surface area contributed by atoms with E-state index in [1.54, 1.807) is 6.92 Å². The molecule has 1 atom stereocenters. The van der Waals surface area contributed by atoms with Crippen LogP contribution in [0.5, 0.6) is 0 Å². The van der Waals surface area contributed by atoms with Crippen LogP contribution in [0.2, 0.25) is 0 Å². The molecule has 1 unspecified atom stereocenters. The van der Waals surface area contributed by atoms with Gasteiger partial charge in [-0.15, -0.1) is 0 Å². The van der Waals surface area contributed by atoms with Gasteiger partial charge in [0.15, 0.2) is 0 Å². The lowest BCUT2D eigenvalue weighted by molar-refractivity contribution is -0.142. The minimum absolute atomic E-state index is 0.0843. The van der Waals surface area contributed by atoms with E-state index in [4.69, 9.17) is 4.84 Å². The number of rotatable bonds is 6. The SMILES string of the molecule is CC1(C(=O)NC2CCCCC2)CC(c2ccc(C(=O)N3CCC(Cc4ccccc4)CC3)cc2)=NO1. The van der Waals surface area contributed by atoms with E-state index in [9.17, 15) is 9.59 Å². The van der Waals surface area contributed by atoms with E-state index < -0.39 is 5.60 Å². The first-order valence-electron chi connectivity index (χ1n) is 13.5. The molecular formula is C30H37N3O3. The largest absolute Gasteiger partial charge is 0.379 e. The molecule has 36 heavy (non-hydrogen) atoms. The molecule has 2 heterocycles. The van der Waals surface area contributed by atoms with Crippen LogP contribution in [-0.4, -0.2) is 47.2 Å². The first-order chi connectivity index (χ1) is 17.5. The van der Waals surface area contributed by atoms with Crippen molar-refractivity contribution in [3.8, 4) is 0 Å². The summed E-state index contributed by atoms with van der Waals surface area (Å²) >= 11 is 0. The Hall–Kier alpha value is -3.15. The third kappa shape index (κ3) is 5.63. The van der Waals surface area contributed by atoms with Crippen molar-refractivity contribution in [2.75, 3.05) is 13.1 Å². The van der Waals surface area contributed by atoms with Crippen molar-refractivity contribution in [3.05, 3.63) is 71.3 Å². The fraction of sp³-hybridized carbons (Fsp3) is 0.500. The first kappa shape index (κ1) is 24.5. The highest BCUT2D eigenvalue weighted by molar-refractivity contribution is 6.06. The molecule has 0 spiro atoms. The molecule has 2 aromatic carbocycles. The molecule has 6 heteroatoms. The summed E-state index contributed by atoms with van der Waals surface area (Å²) in [6.45, 7) is 3.40. The van der Waals surface area contributed by atoms with Gasteiger partial charge in [-0.05, 0) is 68.2 Å². The highest BCUT2D eigenvalue weighted by atomic mass is 16.7. The summed E-state index contributed by atoms with van der Waals surface area (Å²) < 4.78 is 0. The maximum absolute atomic E-state index is 13.1. The zero-order chi connectivity index (χ0) is 25.0. The molecule has 1 aliphatic carbocycles. The zero-order valence-electron chi connectivity index (χ0n) is 21.2. The molecule has 2 aliphatic heterocycles. The second kappa shape index (κ2) is 10.9. The number of nitrogens with one attached hydrogen (secondary N) is 1. The number of hydrogen-bond acceptors (Lipinski definition) is 4. The third-order valence-corrected chi connectivity index (χ3v) is 8.02. The maximum atomic E-state index is 13.1. The minimum Gasteiger partial charge on any atom is -0.379 e. The molecule has 0 radical (unpaired) electrons. The molecule has 3 aliphatic rings. The molecule has 5 rings (SSSR count). The van der Waals surface area contributed by atoms with Crippen LogP contribution in [0, 0.1) is 5.92 Å². The van der Waals surface area contributed by atoms with Crippen LogP contribution in [0.15, 0.2) is 59.8 Å². The van der Waals surface area contributed by atoms with Gasteiger partial charge in [0.25, 0.3) is 11.8 Å². The summed E-state index contributed by atoms with van der Waals surface area (Å²) in [4.78, 5) is 33.6. The van der Waals surface area contributed by atoms with E-state index in [-0.39, 0.29) is 17.9 Å². The Labute approximate surface area is 214 Å². The Bertz CT molecular complexity index is 1080. The number of oxime groups is 1. The highest BCUT2D eigenvalue weighted by Gasteiger charge is 2.43. The van der Waals surface area contributed by atoms with Crippen LogP contribution in [-0.2, 0) is 16.1 Å². The lowest BCUT2D eigenvalue weighted by Gasteiger charge is -2.32. The Kier molecular flexibility index (Phi) is 7.40. The quantitative estimate of drug-likeness (QED) is 0.615. The fourth-order valence-electron chi connectivity index (χ4n) is 5.68. The van der Waals surface area contributed by atoms with Gasteiger partial charge in [0.2, 0.25) is 5.60 Å². The summed E-state index contributed by atoms with van der Waals surface area (Å²) in [6, 6.07) is 18.4.